The van der Waals surface area contributed by atoms with E-state index in [9.17, 15) is 24.9 Å². The molecular weight excluding hydrogens is 420 g/mol. The Bertz CT molecular complexity index is 1120. The Morgan fingerprint density at radius 1 is 1.03 bits per heavy atom. The van der Waals surface area contributed by atoms with Gasteiger partial charge in [0.15, 0.2) is 0 Å². The molecule has 1 saturated carbocycles. The summed E-state index contributed by atoms with van der Waals surface area (Å²) in [6.45, 7) is 0. The molecule has 1 fully saturated rings. The van der Waals surface area contributed by atoms with Crippen LogP contribution in [0.5, 0.6) is 5.75 Å². The van der Waals surface area contributed by atoms with Gasteiger partial charge in [0.1, 0.15) is 11.8 Å². The molecule has 3 aromatic rings. The number of carboxylic acid groups (broad SMARTS) is 1. The third-order valence-electron chi connectivity index (χ3n) is 6.74. The van der Waals surface area contributed by atoms with Gasteiger partial charge >= 0.3 is 5.97 Å². The first-order valence-corrected chi connectivity index (χ1v) is 11.5. The van der Waals surface area contributed by atoms with E-state index in [1.54, 1.807) is 24.4 Å². The maximum absolute atomic E-state index is 13.4. The third kappa shape index (κ3) is 5.03. The second-order valence-electron chi connectivity index (χ2n) is 8.89. The van der Waals surface area contributed by atoms with E-state index in [-0.39, 0.29) is 18.1 Å². The summed E-state index contributed by atoms with van der Waals surface area (Å²) < 4.78 is 0. The molecule has 174 valence electrons. The zero-order valence-corrected chi connectivity index (χ0v) is 18.4. The topological polar surface area (TPSA) is 123 Å². The van der Waals surface area contributed by atoms with Gasteiger partial charge in [0.2, 0.25) is 5.91 Å². The van der Waals surface area contributed by atoms with Crippen LogP contribution in [0.1, 0.15) is 49.1 Å². The molecule has 7 nitrogen and oxygen atoms in total. The highest BCUT2D eigenvalue weighted by Gasteiger charge is 2.37. The number of nitrogens with one attached hydrogen (secondary N) is 2. The van der Waals surface area contributed by atoms with Crippen molar-refractivity contribution in [3.05, 3.63) is 65.9 Å². The number of aliphatic carboxylic acids is 1. The fraction of sp³-hybridized carbons (Fsp3) is 0.385. The molecule has 1 aliphatic rings. The van der Waals surface area contributed by atoms with Crippen LogP contribution in [-0.4, -0.2) is 44.3 Å². The van der Waals surface area contributed by atoms with Crippen molar-refractivity contribution in [3.8, 4) is 5.75 Å². The van der Waals surface area contributed by atoms with E-state index in [1.807, 2.05) is 24.3 Å². The predicted octanol–water partition coefficient (Wildman–Crippen LogP) is 3.71. The number of carbonyl (C=O) groups excluding carboxylic acids is 1. The molecule has 0 radical (unpaired) electrons. The number of hydrogen-bond acceptors (Lipinski definition) is 4. The fourth-order valence-corrected chi connectivity index (χ4v) is 4.96. The number of para-hydroxylation sites is 2. The summed E-state index contributed by atoms with van der Waals surface area (Å²) in [6.07, 6.45) is 5.50. The van der Waals surface area contributed by atoms with Crippen molar-refractivity contribution in [2.24, 2.45) is 5.92 Å². The Balaban J connectivity index is 1.60. The van der Waals surface area contributed by atoms with Gasteiger partial charge in [-0.15, -0.1) is 0 Å². The predicted molar refractivity (Wildman–Crippen MR) is 125 cm³/mol. The number of aromatic hydroxyl groups is 1. The van der Waals surface area contributed by atoms with Gasteiger partial charge in [0.05, 0.1) is 12.0 Å². The molecule has 4 rings (SSSR count). The van der Waals surface area contributed by atoms with Crippen molar-refractivity contribution in [2.75, 3.05) is 0 Å². The first-order chi connectivity index (χ1) is 16.0. The van der Waals surface area contributed by atoms with Crippen molar-refractivity contribution < 1.29 is 24.9 Å². The summed E-state index contributed by atoms with van der Waals surface area (Å²) in [5.41, 5.74) is 1.98. The number of phenols is 1. The number of fused-ring (bicyclic) bond motifs is 1. The van der Waals surface area contributed by atoms with Crippen LogP contribution in [0.25, 0.3) is 10.9 Å². The minimum Gasteiger partial charge on any atom is -0.508 e. The summed E-state index contributed by atoms with van der Waals surface area (Å²) in [6, 6.07) is 12.8. The number of aromatic nitrogens is 1. The van der Waals surface area contributed by atoms with Crippen molar-refractivity contribution in [2.45, 2.75) is 56.6 Å². The number of aliphatic hydroxyl groups is 1. The number of carboxylic acids is 1. The van der Waals surface area contributed by atoms with Crippen LogP contribution >= 0.6 is 0 Å². The number of rotatable bonds is 8. The summed E-state index contributed by atoms with van der Waals surface area (Å²) in [5.74, 6) is -2.97. The lowest BCUT2D eigenvalue weighted by Crippen LogP contribution is -2.47. The Kier molecular flexibility index (Phi) is 6.99. The molecule has 1 aliphatic carbocycles. The van der Waals surface area contributed by atoms with Gasteiger partial charge in [-0.25, -0.2) is 4.79 Å². The van der Waals surface area contributed by atoms with Crippen LogP contribution in [-0.2, 0) is 16.0 Å². The monoisotopic (exact) mass is 450 g/mol. The smallest absolute Gasteiger partial charge is 0.326 e. The van der Waals surface area contributed by atoms with Crippen LogP contribution in [0.2, 0.25) is 0 Å². The van der Waals surface area contributed by atoms with Crippen LogP contribution in [0.15, 0.2) is 54.7 Å². The Morgan fingerprint density at radius 2 is 1.73 bits per heavy atom. The minimum absolute atomic E-state index is 0.0778. The number of H-pyrrole nitrogens is 1. The summed E-state index contributed by atoms with van der Waals surface area (Å²) in [5, 5.41) is 35.0. The molecule has 3 atom stereocenters. The van der Waals surface area contributed by atoms with E-state index in [0.29, 0.717) is 5.56 Å². The summed E-state index contributed by atoms with van der Waals surface area (Å²) in [4.78, 5) is 28.6. The molecule has 33 heavy (non-hydrogen) atoms. The first kappa shape index (κ1) is 22.9. The normalized spacial score (nSPS) is 17.4. The molecule has 0 bridgehead atoms. The number of aliphatic hydroxyl groups excluding tert-OH is 1. The molecule has 1 aromatic heterocycles. The number of carbonyl (C=O) groups is 2. The van der Waals surface area contributed by atoms with Crippen molar-refractivity contribution >= 4 is 22.8 Å². The van der Waals surface area contributed by atoms with Gasteiger partial charge in [-0.2, -0.15) is 0 Å². The second kappa shape index (κ2) is 10.1. The Hall–Kier alpha value is -3.32. The van der Waals surface area contributed by atoms with E-state index < -0.39 is 29.9 Å². The van der Waals surface area contributed by atoms with Gasteiger partial charge < -0.3 is 25.6 Å². The molecule has 1 heterocycles. The maximum Gasteiger partial charge on any atom is 0.326 e. The number of phenolic OH excluding ortho intramolecular Hbond substituents is 1. The molecule has 0 spiro atoms. The van der Waals surface area contributed by atoms with Crippen LogP contribution < -0.4 is 5.32 Å². The van der Waals surface area contributed by atoms with E-state index >= 15 is 0 Å². The zero-order valence-electron chi connectivity index (χ0n) is 18.4. The number of hydrogen-bond donors (Lipinski definition) is 5. The Labute approximate surface area is 192 Å². The van der Waals surface area contributed by atoms with E-state index in [1.165, 1.54) is 6.07 Å². The average Bonchev–Trinajstić information content (AvgIpc) is 3.23. The highest BCUT2D eigenvalue weighted by atomic mass is 16.4. The minimum atomic E-state index is -1.18. The molecule has 0 saturated heterocycles. The Morgan fingerprint density at radius 3 is 2.45 bits per heavy atom. The van der Waals surface area contributed by atoms with Gasteiger partial charge in [0, 0.05) is 29.1 Å². The van der Waals surface area contributed by atoms with Gasteiger partial charge in [-0.05, 0) is 36.5 Å². The summed E-state index contributed by atoms with van der Waals surface area (Å²) in [7, 11) is 0. The molecule has 2 aromatic carbocycles. The second-order valence-corrected chi connectivity index (χ2v) is 8.89. The lowest BCUT2D eigenvalue weighted by molar-refractivity contribution is -0.142. The third-order valence-corrected chi connectivity index (χ3v) is 6.74. The lowest BCUT2D eigenvalue weighted by Gasteiger charge is -2.32. The summed E-state index contributed by atoms with van der Waals surface area (Å²) >= 11 is 0. The SMILES string of the molecule is O=C(N[C@@H](Cc1c[nH]c2ccccc12)C(=O)O)C(c1ccccc1O)C(O)C1CCCCC1. The van der Waals surface area contributed by atoms with Crippen LogP contribution in [0.4, 0.5) is 0 Å². The standard InChI is InChI=1S/C26H30N2O5/c29-22-13-7-5-11-19(22)23(24(30)16-8-2-1-3-9-16)25(31)28-21(26(32)33)14-17-15-27-20-12-6-4-10-18(17)20/h4-7,10-13,15-16,21,23-24,27,29-30H,1-3,8-9,14H2,(H,28,31)(H,32,33)/t21-,23?,24?/m0/s1. The molecule has 0 aliphatic heterocycles. The number of benzene rings is 2. The lowest BCUT2D eigenvalue weighted by atomic mass is 9.77. The molecule has 1 amide bonds. The van der Waals surface area contributed by atoms with E-state index in [2.05, 4.69) is 10.3 Å². The number of aromatic amines is 1. The van der Waals surface area contributed by atoms with Crippen LogP contribution in [0.3, 0.4) is 0 Å². The quantitative estimate of drug-likeness (QED) is 0.358. The first-order valence-electron chi connectivity index (χ1n) is 11.5. The van der Waals surface area contributed by atoms with Gasteiger partial charge in [0.25, 0.3) is 0 Å². The molecule has 5 N–H and O–H groups in total. The molecule has 7 heteroatoms. The zero-order chi connectivity index (χ0) is 23.4. The fourth-order valence-electron chi connectivity index (χ4n) is 4.96. The van der Waals surface area contributed by atoms with Gasteiger partial charge in [-0.3, -0.25) is 4.79 Å². The van der Waals surface area contributed by atoms with Crippen molar-refractivity contribution in [1.29, 1.82) is 0 Å². The highest BCUT2D eigenvalue weighted by Crippen LogP contribution is 2.36. The maximum atomic E-state index is 13.4. The molecule has 2 unspecified atom stereocenters. The highest BCUT2D eigenvalue weighted by molar-refractivity contribution is 5.90. The van der Waals surface area contributed by atoms with Crippen molar-refractivity contribution in [3.63, 3.8) is 0 Å². The van der Waals surface area contributed by atoms with E-state index in [4.69, 9.17) is 0 Å². The number of amides is 1. The van der Waals surface area contributed by atoms with Crippen molar-refractivity contribution in [1.82, 2.24) is 10.3 Å². The van der Waals surface area contributed by atoms with Gasteiger partial charge in [-0.1, -0.05) is 55.7 Å². The average molecular weight is 451 g/mol. The van der Waals surface area contributed by atoms with Crippen LogP contribution in [0, 0.1) is 5.92 Å². The molecular formula is C26H30N2O5. The van der Waals surface area contributed by atoms with E-state index in [0.717, 1.165) is 48.6 Å². The largest absolute Gasteiger partial charge is 0.508 e.